The van der Waals surface area contributed by atoms with E-state index in [1.807, 2.05) is 0 Å². The summed E-state index contributed by atoms with van der Waals surface area (Å²) in [6.07, 6.45) is 0.0743. The van der Waals surface area contributed by atoms with Crippen LogP contribution < -0.4 is 5.32 Å². The number of hydrogen-bond donors (Lipinski definition) is 2. The first kappa shape index (κ1) is 13.4. The van der Waals surface area contributed by atoms with Crippen molar-refractivity contribution < 1.29 is 14.6 Å². The van der Waals surface area contributed by atoms with Gasteiger partial charge < -0.3 is 15.2 Å². The summed E-state index contributed by atoms with van der Waals surface area (Å²) in [5.74, 6) is -0.0939. The van der Waals surface area contributed by atoms with Crippen molar-refractivity contribution in [3.8, 4) is 0 Å². The maximum atomic E-state index is 10.7. The lowest BCUT2D eigenvalue weighted by atomic mass is 10.1. The zero-order valence-electron chi connectivity index (χ0n) is 10.3. The molecule has 1 aromatic heterocycles. The first-order valence-electron chi connectivity index (χ1n) is 5.51. The number of nitrogens with zero attached hydrogens (tertiary/aromatic N) is 1. The van der Waals surface area contributed by atoms with Crippen molar-refractivity contribution in [2.75, 3.05) is 19.0 Å². The fourth-order valence-electron chi connectivity index (χ4n) is 1.45. The number of carboxylic acids is 1. The van der Waals surface area contributed by atoms with Gasteiger partial charge in [0.25, 0.3) is 0 Å². The number of nitrogens with one attached hydrogen (secondary N) is 1. The average Bonchev–Trinajstić information content (AvgIpc) is 2.29. The Labute approximate surface area is 101 Å². The molecule has 0 spiro atoms. The Morgan fingerprint density at radius 2 is 2.24 bits per heavy atom. The number of anilines is 1. The molecular formula is C12H18N2O3. The second kappa shape index (κ2) is 6.20. The third-order valence-corrected chi connectivity index (χ3v) is 2.50. The van der Waals surface area contributed by atoms with Gasteiger partial charge in [0.1, 0.15) is 5.82 Å². The Morgan fingerprint density at radius 3 is 2.76 bits per heavy atom. The van der Waals surface area contributed by atoms with E-state index in [1.165, 1.54) is 6.07 Å². The SMILES string of the molecule is COC(CNc1cccc(C(=O)O)n1)C(C)C. The molecule has 0 amide bonds. The van der Waals surface area contributed by atoms with Crippen LogP contribution in [0.2, 0.25) is 0 Å². The van der Waals surface area contributed by atoms with Crippen molar-refractivity contribution in [1.82, 2.24) is 4.98 Å². The number of hydrogen-bond acceptors (Lipinski definition) is 4. The summed E-state index contributed by atoms with van der Waals surface area (Å²) in [6.45, 7) is 4.73. The monoisotopic (exact) mass is 238 g/mol. The number of aromatic nitrogens is 1. The standard InChI is InChI=1S/C12H18N2O3/c1-8(2)10(17-3)7-13-11-6-4-5-9(14-11)12(15)16/h4-6,8,10H,7H2,1-3H3,(H,13,14)(H,15,16). The number of methoxy groups -OCH3 is 1. The molecule has 5 heteroatoms. The number of carboxylic acid groups (broad SMARTS) is 1. The summed E-state index contributed by atoms with van der Waals surface area (Å²) in [5.41, 5.74) is 0.0357. The summed E-state index contributed by atoms with van der Waals surface area (Å²) in [7, 11) is 1.66. The van der Waals surface area contributed by atoms with Gasteiger partial charge in [-0.1, -0.05) is 19.9 Å². The molecule has 1 unspecified atom stereocenters. The van der Waals surface area contributed by atoms with E-state index in [9.17, 15) is 4.79 Å². The molecule has 1 aromatic rings. The highest BCUT2D eigenvalue weighted by atomic mass is 16.5. The molecule has 17 heavy (non-hydrogen) atoms. The first-order chi connectivity index (χ1) is 8.04. The molecule has 2 N–H and O–H groups in total. The van der Waals surface area contributed by atoms with Crippen LogP contribution >= 0.6 is 0 Å². The minimum absolute atomic E-state index is 0.0357. The van der Waals surface area contributed by atoms with Crippen LogP contribution in [0.15, 0.2) is 18.2 Å². The Kier molecular flexibility index (Phi) is 4.90. The van der Waals surface area contributed by atoms with Crippen molar-refractivity contribution in [3.63, 3.8) is 0 Å². The predicted molar refractivity (Wildman–Crippen MR) is 65.3 cm³/mol. The Hall–Kier alpha value is -1.62. The Morgan fingerprint density at radius 1 is 1.53 bits per heavy atom. The first-order valence-corrected chi connectivity index (χ1v) is 5.51. The quantitative estimate of drug-likeness (QED) is 0.791. The van der Waals surface area contributed by atoms with Crippen molar-refractivity contribution in [2.24, 2.45) is 5.92 Å². The molecule has 0 saturated heterocycles. The maximum absolute atomic E-state index is 10.7. The van der Waals surface area contributed by atoms with E-state index in [-0.39, 0.29) is 11.8 Å². The van der Waals surface area contributed by atoms with Gasteiger partial charge in [0.15, 0.2) is 5.69 Å². The summed E-state index contributed by atoms with van der Waals surface area (Å²) < 4.78 is 5.30. The second-order valence-corrected chi connectivity index (χ2v) is 4.11. The smallest absolute Gasteiger partial charge is 0.354 e. The molecule has 0 fully saturated rings. The molecule has 0 aliphatic heterocycles. The number of pyridine rings is 1. The fraction of sp³-hybridized carbons (Fsp3) is 0.500. The van der Waals surface area contributed by atoms with Gasteiger partial charge in [0.2, 0.25) is 0 Å². The minimum atomic E-state index is -1.03. The number of ether oxygens (including phenoxy) is 1. The molecule has 1 heterocycles. The topological polar surface area (TPSA) is 71.5 Å². The van der Waals surface area contributed by atoms with Gasteiger partial charge in [-0.25, -0.2) is 9.78 Å². The predicted octanol–water partition coefficient (Wildman–Crippen LogP) is 1.86. The van der Waals surface area contributed by atoms with Gasteiger partial charge in [-0.05, 0) is 18.1 Å². The number of carbonyl (C=O) groups is 1. The lowest BCUT2D eigenvalue weighted by Gasteiger charge is -2.19. The van der Waals surface area contributed by atoms with Crippen molar-refractivity contribution in [1.29, 1.82) is 0 Å². The van der Waals surface area contributed by atoms with Gasteiger partial charge in [0, 0.05) is 13.7 Å². The van der Waals surface area contributed by atoms with Crippen LogP contribution in [-0.2, 0) is 4.74 Å². The fourth-order valence-corrected chi connectivity index (χ4v) is 1.45. The van der Waals surface area contributed by atoms with E-state index < -0.39 is 5.97 Å². The lowest BCUT2D eigenvalue weighted by Crippen LogP contribution is -2.27. The maximum Gasteiger partial charge on any atom is 0.354 e. The van der Waals surface area contributed by atoms with Gasteiger partial charge in [-0.3, -0.25) is 0 Å². The highest BCUT2D eigenvalue weighted by Gasteiger charge is 2.12. The summed E-state index contributed by atoms with van der Waals surface area (Å²) in [4.78, 5) is 14.7. The van der Waals surface area contributed by atoms with Crippen molar-refractivity contribution in [2.45, 2.75) is 20.0 Å². The van der Waals surface area contributed by atoms with E-state index in [4.69, 9.17) is 9.84 Å². The molecule has 1 rings (SSSR count). The van der Waals surface area contributed by atoms with E-state index in [0.29, 0.717) is 18.3 Å². The third kappa shape index (κ3) is 4.03. The van der Waals surface area contributed by atoms with Crippen LogP contribution in [0.3, 0.4) is 0 Å². The van der Waals surface area contributed by atoms with E-state index in [0.717, 1.165) is 0 Å². The second-order valence-electron chi connectivity index (χ2n) is 4.11. The van der Waals surface area contributed by atoms with Gasteiger partial charge >= 0.3 is 5.97 Å². The van der Waals surface area contributed by atoms with Crippen LogP contribution in [0.1, 0.15) is 24.3 Å². The van der Waals surface area contributed by atoms with Crippen LogP contribution in [0.4, 0.5) is 5.82 Å². The molecule has 0 aliphatic rings. The normalized spacial score (nSPS) is 12.5. The molecule has 1 atom stereocenters. The van der Waals surface area contributed by atoms with Gasteiger partial charge in [-0.15, -0.1) is 0 Å². The van der Waals surface area contributed by atoms with Crippen molar-refractivity contribution in [3.05, 3.63) is 23.9 Å². The van der Waals surface area contributed by atoms with Crippen molar-refractivity contribution >= 4 is 11.8 Å². The molecular weight excluding hydrogens is 220 g/mol. The van der Waals surface area contributed by atoms with Crippen LogP contribution in [0.5, 0.6) is 0 Å². The zero-order valence-corrected chi connectivity index (χ0v) is 10.3. The van der Waals surface area contributed by atoms with Crippen LogP contribution in [0.25, 0.3) is 0 Å². The average molecular weight is 238 g/mol. The highest BCUT2D eigenvalue weighted by Crippen LogP contribution is 2.09. The summed E-state index contributed by atoms with van der Waals surface area (Å²) >= 11 is 0. The molecule has 0 saturated carbocycles. The lowest BCUT2D eigenvalue weighted by molar-refractivity contribution is 0.0690. The van der Waals surface area contributed by atoms with E-state index in [1.54, 1.807) is 19.2 Å². The molecule has 0 radical (unpaired) electrons. The Balaban J connectivity index is 2.62. The number of aromatic carboxylic acids is 1. The van der Waals surface area contributed by atoms with Gasteiger partial charge in [-0.2, -0.15) is 0 Å². The Bertz CT molecular complexity index is 380. The molecule has 0 aliphatic carbocycles. The number of rotatable bonds is 6. The summed E-state index contributed by atoms with van der Waals surface area (Å²) in [6, 6.07) is 4.86. The molecule has 0 bridgehead atoms. The largest absolute Gasteiger partial charge is 0.477 e. The summed E-state index contributed by atoms with van der Waals surface area (Å²) in [5, 5.41) is 11.9. The van der Waals surface area contributed by atoms with E-state index in [2.05, 4.69) is 24.1 Å². The molecule has 94 valence electrons. The van der Waals surface area contributed by atoms with Crippen LogP contribution in [-0.4, -0.2) is 35.8 Å². The zero-order chi connectivity index (χ0) is 12.8. The van der Waals surface area contributed by atoms with Crippen LogP contribution in [0, 0.1) is 5.92 Å². The molecule has 5 nitrogen and oxygen atoms in total. The minimum Gasteiger partial charge on any atom is -0.477 e. The third-order valence-electron chi connectivity index (χ3n) is 2.50. The van der Waals surface area contributed by atoms with E-state index >= 15 is 0 Å². The highest BCUT2D eigenvalue weighted by molar-refractivity contribution is 5.85. The molecule has 0 aromatic carbocycles. The van der Waals surface area contributed by atoms with Gasteiger partial charge in [0.05, 0.1) is 6.10 Å².